The number of alkyl carbamates (subject to hydrolysis) is 1. The van der Waals surface area contributed by atoms with Gasteiger partial charge in [0.25, 0.3) is 0 Å². The number of carbonyl (C=O) groups excluding carboxylic acids is 2. The van der Waals surface area contributed by atoms with Crippen molar-refractivity contribution in [1.29, 1.82) is 0 Å². The molecule has 1 amide bonds. The minimum Gasteiger partial charge on any atom is -0.461 e. The van der Waals surface area contributed by atoms with E-state index in [4.69, 9.17) is 23.4 Å². The maximum atomic E-state index is 13.7. The van der Waals surface area contributed by atoms with Gasteiger partial charge in [-0.15, -0.1) is 0 Å². The summed E-state index contributed by atoms with van der Waals surface area (Å²) < 4.78 is 29.8. The summed E-state index contributed by atoms with van der Waals surface area (Å²) in [4.78, 5) is 31.2. The van der Waals surface area contributed by atoms with Crippen molar-refractivity contribution in [2.45, 2.75) is 109 Å². The van der Waals surface area contributed by atoms with Crippen molar-refractivity contribution in [2.75, 3.05) is 13.2 Å². The lowest BCUT2D eigenvalue weighted by molar-refractivity contribution is -0.172. The Morgan fingerprint density at radius 1 is 1.18 bits per heavy atom. The molecule has 3 aliphatic rings. The van der Waals surface area contributed by atoms with Crippen LogP contribution in [0.2, 0.25) is 0 Å². The van der Waals surface area contributed by atoms with Crippen molar-refractivity contribution >= 4 is 23.0 Å². The molecular formula is C30H42N2O7. The number of fused-ring (bicyclic) bond motifs is 1. The number of amides is 1. The lowest BCUT2D eigenvalue weighted by Gasteiger charge is -2.35. The average molecular weight is 543 g/mol. The van der Waals surface area contributed by atoms with Gasteiger partial charge in [0.15, 0.2) is 5.60 Å². The fraction of sp³-hybridized carbons (Fsp3) is 0.700. The Kier molecular flexibility index (Phi) is 7.68. The van der Waals surface area contributed by atoms with Gasteiger partial charge < -0.3 is 28.7 Å². The zero-order valence-electron chi connectivity index (χ0n) is 23.8. The fourth-order valence-electron chi connectivity index (χ4n) is 5.19. The van der Waals surface area contributed by atoms with Crippen LogP contribution in [0.1, 0.15) is 84.6 Å². The van der Waals surface area contributed by atoms with E-state index in [9.17, 15) is 9.59 Å². The molecule has 0 radical (unpaired) electrons. The van der Waals surface area contributed by atoms with Crippen molar-refractivity contribution in [2.24, 2.45) is 11.8 Å². The van der Waals surface area contributed by atoms with Gasteiger partial charge >= 0.3 is 12.1 Å². The van der Waals surface area contributed by atoms with E-state index >= 15 is 0 Å². The van der Waals surface area contributed by atoms with Crippen LogP contribution in [0, 0.1) is 11.8 Å². The van der Waals surface area contributed by atoms with E-state index in [1.807, 2.05) is 12.1 Å². The number of esters is 1. The molecule has 2 atom stereocenters. The van der Waals surface area contributed by atoms with Crippen molar-refractivity contribution in [3.05, 3.63) is 29.8 Å². The molecule has 214 valence electrons. The predicted molar refractivity (Wildman–Crippen MR) is 144 cm³/mol. The van der Waals surface area contributed by atoms with Crippen LogP contribution < -0.4 is 5.32 Å². The molecule has 2 aromatic heterocycles. The fourth-order valence-corrected chi connectivity index (χ4v) is 5.19. The number of carbonyl (C=O) groups is 2. The quantitative estimate of drug-likeness (QED) is 0.278. The third-order valence-corrected chi connectivity index (χ3v) is 7.52. The summed E-state index contributed by atoms with van der Waals surface area (Å²) in [6.45, 7) is 9.34. The number of furan rings is 1. The van der Waals surface area contributed by atoms with Crippen molar-refractivity contribution < 1.29 is 33.0 Å². The number of ether oxygens (including phenoxy) is 4. The highest BCUT2D eigenvalue weighted by Crippen LogP contribution is 2.40. The van der Waals surface area contributed by atoms with Crippen LogP contribution in [-0.2, 0) is 36.6 Å². The second kappa shape index (κ2) is 10.7. The molecule has 2 aromatic rings. The standard InChI is InChI=1S/C30H42N2O7/c1-28(2,3)38-27(34)32-25(18-35-15-13-20-8-9-20)30(26(33)37-29(4,5)39-30)17-23-22-16-21(11-10-19-6-7-19)36-24(22)12-14-31-23/h12,14,16,19-20,25H,6-11,13,15,17-18H2,1-5H3,(H,32,34)/t25-,30+/m0/s1. The number of cyclic esters (lactones) is 1. The van der Waals surface area contributed by atoms with E-state index in [2.05, 4.69) is 10.3 Å². The summed E-state index contributed by atoms with van der Waals surface area (Å²) in [5.41, 5.74) is -0.945. The molecule has 39 heavy (non-hydrogen) atoms. The van der Waals surface area contributed by atoms with Crippen molar-refractivity contribution in [3.63, 3.8) is 0 Å². The van der Waals surface area contributed by atoms with Crippen LogP contribution in [0.5, 0.6) is 0 Å². The summed E-state index contributed by atoms with van der Waals surface area (Å²) in [7, 11) is 0. The number of nitrogens with zero attached hydrogens (tertiary/aromatic N) is 1. The molecule has 1 saturated heterocycles. The van der Waals surface area contributed by atoms with E-state index in [1.54, 1.807) is 40.8 Å². The van der Waals surface area contributed by atoms with Gasteiger partial charge in [0, 0.05) is 44.9 Å². The molecule has 2 saturated carbocycles. The minimum atomic E-state index is -1.58. The summed E-state index contributed by atoms with van der Waals surface area (Å²) in [6.07, 6.45) is 9.04. The molecule has 9 nitrogen and oxygen atoms in total. The molecule has 0 aromatic carbocycles. The average Bonchev–Trinajstić information content (AvgIpc) is 3.75. The third-order valence-electron chi connectivity index (χ3n) is 7.52. The highest BCUT2D eigenvalue weighted by Gasteiger charge is 2.60. The van der Waals surface area contributed by atoms with E-state index in [1.165, 1.54) is 25.7 Å². The molecule has 1 N–H and O–H groups in total. The normalized spacial score (nSPS) is 23.6. The zero-order valence-corrected chi connectivity index (χ0v) is 23.8. The van der Waals surface area contributed by atoms with Gasteiger partial charge in [-0.2, -0.15) is 0 Å². The highest BCUT2D eigenvalue weighted by molar-refractivity contribution is 5.86. The minimum absolute atomic E-state index is 0.0607. The smallest absolute Gasteiger partial charge is 0.408 e. The third kappa shape index (κ3) is 7.11. The van der Waals surface area contributed by atoms with Gasteiger partial charge in [-0.3, -0.25) is 4.98 Å². The second-order valence-corrected chi connectivity index (χ2v) is 12.8. The number of nitrogens with one attached hydrogen (secondary N) is 1. The van der Waals surface area contributed by atoms with Crippen LogP contribution >= 0.6 is 0 Å². The number of hydrogen-bond acceptors (Lipinski definition) is 8. The zero-order chi connectivity index (χ0) is 27.8. The Bertz CT molecular complexity index is 1190. The highest BCUT2D eigenvalue weighted by atomic mass is 16.8. The molecule has 0 unspecified atom stereocenters. The Morgan fingerprint density at radius 2 is 1.90 bits per heavy atom. The SMILES string of the molecule is CC(C)(C)OC(=O)N[C@@H](COCCC1CC1)[C@@]1(Cc2nccc3oc(CCC4CC4)cc23)OC(C)(C)OC1=O. The van der Waals surface area contributed by atoms with Gasteiger partial charge in [-0.1, -0.05) is 25.7 Å². The first-order chi connectivity index (χ1) is 18.4. The van der Waals surface area contributed by atoms with Crippen LogP contribution in [-0.4, -0.2) is 53.3 Å². The topological polar surface area (TPSA) is 109 Å². The molecule has 5 rings (SSSR count). The molecule has 2 aliphatic carbocycles. The first kappa shape index (κ1) is 27.9. The van der Waals surface area contributed by atoms with Gasteiger partial charge in [0.1, 0.15) is 16.9 Å². The Labute approximate surface area is 230 Å². The lowest BCUT2D eigenvalue weighted by Crippen LogP contribution is -2.61. The first-order valence-electron chi connectivity index (χ1n) is 14.3. The van der Waals surface area contributed by atoms with Crippen LogP contribution in [0.15, 0.2) is 22.7 Å². The lowest BCUT2D eigenvalue weighted by atomic mass is 9.88. The number of pyridine rings is 1. The Balaban J connectivity index is 1.44. The summed E-state index contributed by atoms with van der Waals surface area (Å²) in [6, 6.07) is 2.97. The molecule has 0 spiro atoms. The van der Waals surface area contributed by atoms with Gasteiger partial charge in [0.2, 0.25) is 5.79 Å². The van der Waals surface area contributed by atoms with E-state index in [-0.39, 0.29) is 13.0 Å². The Hall–Kier alpha value is -2.65. The molecule has 1 aliphatic heterocycles. The maximum Gasteiger partial charge on any atom is 0.408 e. The van der Waals surface area contributed by atoms with E-state index in [0.717, 1.165) is 36.3 Å². The molecule has 3 heterocycles. The molecular weight excluding hydrogens is 500 g/mol. The van der Waals surface area contributed by atoms with Gasteiger partial charge in [-0.05, 0) is 57.6 Å². The number of aryl methyl sites for hydroxylation is 1. The van der Waals surface area contributed by atoms with Crippen LogP contribution in [0.3, 0.4) is 0 Å². The first-order valence-corrected chi connectivity index (χ1v) is 14.3. The largest absolute Gasteiger partial charge is 0.461 e. The number of rotatable bonds is 12. The summed E-state index contributed by atoms with van der Waals surface area (Å²) >= 11 is 0. The van der Waals surface area contributed by atoms with Crippen molar-refractivity contribution in [1.82, 2.24) is 10.3 Å². The van der Waals surface area contributed by atoms with Gasteiger partial charge in [-0.25, -0.2) is 9.59 Å². The Morgan fingerprint density at radius 3 is 2.54 bits per heavy atom. The maximum absolute atomic E-state index is 13.7. The van der Waals surface area contributed by atoms with Crippen LogP contribution in [0.25, 0.3) is 11.0 Å². The summed E-state index contributed by atoms with van der Waals surface area (Å²) in [5.74, 6) is 0.624. The summed E-state index contributed by atoms with van der Waals surface area (Å²) in [5, 5.41) is 3.71. The second-order valence-electron chi connectivity index (χ2n) is 12.8. The van der Waals surface area contributed by atoms with Crippen LogP contribution in [0.4, 0.5) is 4.79 Å². The number of hydrogen-bond donors (Lipinski definition) is 1. The monoisotopic (exact) mass is 542 g/mol. The van der Waals surface area contributed by atoms with E-state index in [0.29, 0.717) is 23.8 Å². The van der Waals surface area contributed by atoms with E-state index < -0.39 is 35.1 Å². The van der Waals surface area contributed by atoms with Crippen molar-refractivity contribution in [3.8, 4) is 0 Å². The predicted octanol–water partition coefficient (Wildman–Crippen LogP) is 5.47. The molecule has 0 bridgehead atoms. The number of aromatic nitrogens is 1. The van der Waals surface area contributed by atoms with Gasteiger partial charge in [0.05, 0.1) is 18.3 Å². The molecule has 3 fully saturated rings. The molecule has 9 heteroatoms.